The van der Waals surface area contributed by atoms with E-state index in [9.17, 15) is 4.79 Å². The van der Waals surface area contributed by atoms with Crippen LogP contribution in [0.3, 0.4) is 0 Å². The lowest BCUT2D eigenvalue weighted by atomic mass is 10.2. The standard InChI is InChI=1S/C23H18BrN3O3/c1-15(29-21-6-2-4-17-5-3-13-25-22(17)21)23(28)27-26-14-19-11-12-20(30-19)16-7-9-18(24)10-8-16/h2-15H,1H3,(H,27,28). The number of nitrogens with one attached hydrogen (secondary N) is 1. The van der Waals surface area contributed by atoms with Gasteiger partial charge in [0.05, 0.1) is 6.21 Å². The van der Waals surface area contributed by atoms with Gasteiger partial charge in [-0.1, -0.05) is 46.3 Å². The molecule has 0 aliphatic rings. The van der Waals surface area contributed by atoms with Crippen molar-refractivity contribution < 1.29 is 13.9 Å². The summed E-state index contributed by atoms with van der Waals surface area (Å²) in [7, 11) is 0. The van der Waals surface area contributed by atoms with E-state index in [0.717, 1.165) is 21.2 Å². The molecular formula is C23H18BrN3O3. The van der Waals surface area contributed by atoms with Crippen molar-refractivity contribution in [1.29, 1.82) is 0 Å². The molecular weight excluding hydrogens is 446 g/mol. The lowest BCUT2D eigenvalue weighted by molar-refractivity contribution is -0.127. The van der Waals surface area contributed by atoms with Gasteiger partial charge in [-0.05, 0) is 43.3 Å². The van der Waals surface area contributed by atoms with Crippen LogP contribution in [0.5, 0.6) is 5.75 Å². The Morgan fingerprint density at radius 2 is 1.93 bits per heavy atom. The van der Waals surface area contributed by atoms with Gasteiger partial charge in [-0.2, -0.15) is 5.10 Å². The van der Waals surface area contributed by atoms with Gasteiger partial charge >= 0.3 is 0 Å². The molecule has 0 aliphatic carbocycles. The fourth-order valence-electron chi connectivity index (χ4n) is 2.86. The van der Waals surface area contributed by atoms with Crippen molar-refractivity contribution in [1.82, 2.24) is 10.4 Å². The highest BCUT2D eigenvalue weighted by Gasteiger charge is 2.15. The van der Waals surface area contributed by atoms with Gasteiger partial charge in [0.15, 0.2) is 6.10 Å². The van der Waals surface area contributed by atoms with Crippen LogP contribution in [0.15, 0.2) is 86.9 Å². The highest BCUT2D eigenvalue weighted by Crippen LogP contribution is 2.24. The van der Waals surface area contributed by atoms with Crippen LogP contribution in [-0.2, 0) is 4.79 Å². The maximum absolute atomic E-state index is 12.3. The maximum atomic E-state index is 12.3. The number of pyridine rings is 1. The molecule has 0 spiro atoms. The summed E-state index contributed by atoms with van der Waals surface area (Å²) in [6.07, 6.45) is 2.40. The number of fused-ring (bicyclic) bond motifs is 1. The van der Waals surface area contributed by atoms with Crippen LogP contribution >= 0.6 is 15.9 Å². The number of hydrogen-bond acceptors (Lipinski definition) is 5. The van der Waals surface area contributed by atoms with Gasteiger partial charge in [-0.25, -0.2) is 5.43 Å². The van der Waals surface area contributed by atoms with Crippen LogP contribution in [0.1, 0.15) is 12.7 Å². The van der Waals surface area contributed by atoms with E-state index in [4.69, 9.17) is 9.15 Å². The van der Waals surface area contributed by atoms with E-state index in [1.54, 1.807) is 25.3 Å². The average Bonchev–Trinajstić information content (AvgIpc) is 3.23. The summed E-state index contributed by atoms with van der Waals surface area (Å²) < 4.78 is 12.5. The molecule has 0 saturated heterocycles. The summed E-state index contributed by atoms with van der Waals surface area (Å²) >= 11 is 3.41. The zero-order chi connectivity index (χ0) is 20.9. The lowest BCUT2D eigenvalue weighted by Crippen LogP contribution is -2.33. The summed E-state index contributed by atoms with van der Waals surface area (Å²) in [6.45, 7) is 1.66. The molecule has 6 nitrogen and oxygen atoms in total. The molecule has 150 valence electrons. The molecule has 1 N–H and O–H groups in total. The first-order valence-corrected chi connectivity index (χ1v) is 10.1. The number of nitrogens with zero attached hydrogens (tertiary/aromatic N) is 2. The lowest BCUT2D eigenvalue weighted by Gasteiger charge is -2.14. The van der Waals surface area contributed by atoms with Crippen molar-refractivity contribution >= 4 is 39.0 Å². The first kappa shape index (κ1) is 19.8. The summed E-state index contributed by atoms with van der Waals surface area (Å²) in [4.78, 5) is 16.7. The Hall–Kier alpha value is -3.45. The Bertz CT molecular complexity index is 1200. The number of rotatable bonds is 6. The van der Waals surface area contributed by atoms with E-state index in [1.807, 2.05) is 54.6 Å². The first-order valence-electron chi connectivity index (χ1n) is 9.29. The van der Waals surface area contributed by atoms with Crippen LogP contribution < -0.4 is 10.2 Å². The van der Waals surface area contributed by atoms with Gasteiger partial charge in [-0.3, -0.25) is 9.78 Å². The molecule has 4 aromatic rings. The summed E-state index contributed by atoms with van der Waals surface area (Å²) in [5.41, 5.74) is 4.13. The normalized spacial score (nSPS) is 12.2. The molecule has 2 aromatic heterocycles. The summed E-state index contributed by atoms with van der Waals surface area (Å²) in [5.74, 6) is 1.42. The van der Waals surface area contributed by atoms with Crippen LogP contribution in [-0.4, -0.2) is 23.2 Å². The van der Waals surface area contributed by atoms with Crippen LogP contribution in [0, 0.1) is 0 Å². The molecule has 30 heavy (non-hydrogen) atoms. The highest BCUT2D eigenvalue weighted by atomic mass is 79.9. The summed E-state index contributed by atoms with van der Waals surface area (Å²) in [6, 6.07) is 20.8. The molecule has 0 aliphatic heterocycles. The zero-order valence-corrected chi connectivity index (χ0v) is 17.7. The van der Waals surface area contributed by atoms with Crippen molar-refractivity contribution in [3.63, 3.8) is 0 Å². The number of benzene rings is 2. The fourth-order valence-corrected chi connectivity index (χ4v) is 3.12. The number of carbonyl (C=O) groups is 1. The molecule has 0 radical (unpaired) electrons. The first-order chi connectivity index (χ1) is 14.6. The third kappa shape index (κ3) is 4.58. The van der Waals surface area contributed by atoms with Crippen molar-refractivity contribution in [3.05, 3.63) is 83.2 Å². The molecule has 0 saturated carbocycles. The number of furan rings is 1. The third-order valence-electron chi connectivity index (χ3n) is 4.39. The van der Waals surface area contributed by atoms with Gasteiger partial charge in [0.25, 0.3) is 5.91 Å². The van der Waals surface area contributed by atoms with E-state index < -0.39 is 6.10 Å². The van der Waals surface area contributed by atoms with Gasteiger partial charge in [0.2, 0.25) is 0 Å². The Morgan fingerprint density at radius 1 is 1.13 bits per heavy atom. The molecule has 7 heteroatoms. The SMILES string of the molecule is CC(Oc1cccc2cccnc12)C(=O)NN=Cc1ccc(-c2ccc(Br)cc2)o1. The second kappa shape index (κ2) is 8.92. The van der Waals surface area contributed by atoms with Crippen molar-refractivity contribution in [2.45, 2.75) is 13.0 Å². The van der Waals surface area contributed by atoms with Gasteiger partial charge < -0.3 is 9.15 Å². The minimum Gasteiger partial charge on any atom is -0.479 e. The van der Waals surface area contributed by atoms with E-state index in [-0.39, 0.29) is 5.91 Å². The van der Waals surface area contributed by atoms with E-state index in [0.29, 0.717) is 17.0 Å². The van der Waals surface area contributed by atoms with E-state index in [1.165, 1.54) is 6.21 Å². The van der Waals surface area contributed by atoms with Crippen LogP contribution in [0.2, 0.25) is 0 Å². The van der Waals surface area contributed by atoms with Gasteiger partial charge in [0.1, 0.15) is 22.8 Å². The Balaban J connectivity index is 1.37. The molecule has 1 amide bonds. The number of hydrogen-bond donors (Lipinski definition) is 1. The van der Waals surface area contributed by atoms with Crippen molar-refractivity contribution in [2.24, 2.45) is 5.10 Å². The maximum Gasteiger partial charge on any atom is 0.280 e. The second-order valence-electron chi connectivity index (χ2n) is 6.53. The average molecular weight is 464 g/mol. The molecule has 1 unspecified atom stereocenters. The quantitative estimate of drug-likeness (QED) is 0.315. The largest absolute Gasteiger partial charge is 0.479 e. The van der Waals surface area contributed by atoms with Gasteiger partial charge in [-0.15, -0.1) is 0 Å². The third-order valence-corrected chi connectivity index (χ3v) is 4.92. The number of aromatic nitrogens is 1. The number of ether oxygens (including phenoxy) is 1. The topological polar surface area (TPSA) is 76.7 Å². The molecule has 2 aromatic carbocycles. The van der Waals surface area contributed by atoms with E-state index in [2.05, 4.69) is 31.4 Å². The molecule has 0 fully saturated rings. The fraction of sp³-hybridized carbons (Fsp3) is 0.0870. The molecule has 1 atom stereocenters. The molecule has 4 rings (SSSR count). The summed E-state index contributed by atoms with van der Waals surface area (Å²) in [5, 5.41) is 4.91. The minimum atomic E-state index is -0.746. The second-order valence-corrected chi connectivity index (χ2v) is 7.45. The predicted molar refractivity (Wildman–Crippen MR) is 119 cm³/mol. The number of hydrazone groups is 1. The Labute approximate surface area is 181 Å². The number of para-hydroxylation sites is 1. The van der Waals surface area contributed by atoms with E-state index >= 15 is 0 Å². The zero-order valence-electron chi connectivity index (χ0n) is 16.1. The van der Waals surface area contributed by atoms with Crippen molar-refractivity contribution in [3.8, 4) is 17.1 Å². The number of carbonyl (C=O) groups excluding carboxylic acids is 1. The smallest absolute Gasteiger partial charge is 0.280 e. The number of amides is 1. The molecule has 2 heterocycles. The predicted octanol–water partition coefficient (Wildman–Crippen LogP) is 5.17. The number of halogens is 1. The van der Waals surface area contributed by atoms with Crippen LogP contribution in [0.4, 0.5) is 0 Å². The Kier molecular flexibility index (Phi) is 5.90. The van der Waals surface area contributed by atoms with Gasteiger partial charge in [0, 0.05) is 21.6 Å². The molecule has 0 bridgehead atoms. The highest BCUT2D eigenvalue weighted by molar-refractivity contribution is 9.10. The Morgan fingerprint density at radius 3 is 2.77 bits per heavy atom. The minimum absolute atomic E-state index is 0.376. The monoisotopic (exact) mass is 463 g/mol. The van der Waals surface area contributed by atoms with Crippen LogP contribution in [0.25, 0.3) is 22.2 Å². The van der Waals surface area contributed by atoms with Crippen molar-refractivity contribution in [2.75, 3.05) is 0 Å².